The molecule has 0 atom stereocenters. The maximum absolute atomic E-state index is 2.54. The summed E-state index contributed by atoms with van der Waals surface area (Å²) in [7, 11) is 6.88. The lowest BCUT2D eigenvalue weighted by atomic mass is 10.1. The Morgan fingerprint density at radius 2 is 1.03 bits per heavy atom. The van der Waals surface area contributed by atoms with Gasteiger partial charge in [-0.25, -0.2) is 0 Å². The zero-order chi connectivity index (χ0) is 21.2. The summed E-state index contributed by atoms with van der Waals surface area (Å²) in [4.78, 5) is 5.31. The van der Waals surface area contributed by atoms with Crippen molar-refractivity contribution in [1.82, 2.24) is 0 Å². The van der Waals surface area contributed by atoms with Gasteiger partial charge in [0.1, 0.15) is 0 Å². The molecule has 0 fully saturated rings. The van der Waals surface area contributed by atoms with E-state index in [0.717, 1.165) is 11.0 Å². The van der Waals surface area contributed by atoms with Crippen molar-refractivity contribution in [3.05, 3.63) is 48.5 Å². The summed E-state index contributed by atoms with van der Waals surface area (Å²) in [5, 5.41) is 0. The molecule has 1 aliphatic heterocycles. The van der Waals surface area contributed by atoms with Gasteiger partial charge in [-0.1, -0.05) is 81.0 Å². The summed E-state index contributed by atoms with van der Waals surface area (Å²) in [5.74, 6) is 0. The molecule has 0 aromatic heterocycles. The third-order valence-corrected chi connectivity index (χ3v) is 7.12. The van der Waals surface area contributed by atoms with Crippen LogP contribution >= 0.6 is 11.8 Å². The predicted molar refractivity (Wildman–Crippen MR) is 133 cm³/mol. The summed E-state index contributed by atoms with van der Waals surface area (Å²) in [6, 6.07) is 17.7. The number of anilines is 2. The number of rotatable bonds is 13. The molecular formula is C27H41N2S+. The largest absolute Gasteiger partial charge is 0.340 e. The van der Waals surface area contributed by atoms with Crippen molar-refractivity contribution in [2.75, 3.05) is 39.1 Å². The monoisotopic (exact) mass is 425 g/mol. The number of hydrogen-bond acceptors (Lipinski definition) is 2. The summed E-state index contributed by atoms with van der Waals surface area (Å²) >= 11 is 1.90. The maximum atomic E-state index is 2.54. The molecular weight excluding hydrogens is 384 g/mol. The standard InChI is InChI=1S/C27H41N2S/c1-29(2,3)23-17-11-9-7-5-4-6-8-10-16-22-28-24-18-12-14-20-26(24)30-27-21-15-13-19-25(27)28/h12-15,18-21H,4-11,16-17,22-23H2,1-3H3/q+1. The molecule has 2 nitrogen and oxygen atoms in total. The average molecular weight is 426 g/mol. The molecule has 0 saturated carbocycles. The Kier molecular flexibility index (Phi) is 9.14. The van der Waals surface area contributed by atoms with E-state index < -0.39 is 0 Å². The molecule has 2 aromatic rings. The van der Waals surface area contributed by atoms with Gasteiger partial charge < -0.3 is 9.38 Å². The number of nitrogens with zero attached hydrogens (tertiary/aromatic N) is 2. The molecule has 1 aliphatic rings. The van der Waals surface area contributed by atoms with Crippen molar-refractivity contribution < 1.29 is 4.48 Å². The number of para-hydroxylation sites is 2. The summed E-state index contributed by atoms with van der Waals surface area (Å²) in [6.07, 6.45) is 13.9. The Morgan fingerprint density at radius 3 is 1.53 bits per heavy atom. The van der Waals surface area contributed by atoms with Crippen molar-refractivity contribution in [1.29, 1.82) is 0 Å². The van der Waals surface area contributed by atoms with Crippen LogP contribution in [0, 0.1) is 0 Å². The summed E-state index contributed by atoms with van der Waals surface area (Å²) in [5.41, 5.74) is 2.76. The molecule has 0 amide bonds. The zero-order valence-corrected chi connectivity index (χ0v) is 20.2. The van der Waals surface area contributed by atoms with Crippen molar-refractivity contribution in [2.45, 2.75) is 74.0 Å². The van der Waals surface area contributed by atoms with Gasteiger partial charge in [0, 0.05) is 16.3 Å². The predicted octanol–water partition coefficient (Wildman–Crippen LogP) is 7.90. The molecule has 0 unspecified atom stereocenters. The molecule has 1 heterocycles. The van der Waals surface area contributed by atoms with Gasteiger partial charge in [0.2, 0.25) is 0 Å². The van der Waals surface area contributed by atoms with Gasteiger partial charge in [-0.05, 0) is 43.5 Å². The fraction of sp³-hybridized carbons (Fsp3) is 0.556. The van der Waals surface area contributed by atoms with Crippen LogP contribution in [0.3, 0.4) is 0 Å². The second kappa shape index (κ2) is 11.8. The Bertz CT molecular complexity index is 720. The van der Waals surface area contributed by atoms with Gasteiger partial charge in [0.05, 0.1) is 39.1 Å². The minimum atomic E-state index is 1.10. The van der Waals surface area contributed by atoms with Crippen molar-refractivity contribution in [3.63, 3.8) is 0 Å². The van der Waals surface area contributed by atoms with Gasteiger partial charge in [0.15, 0.2) is 0 Å². The van der Waals surface area contributed by atoms with Crippen LogP contribution in [-0.2, 0) is 0 Å². The van der Waals surface area contributed by atoms with Crippen LogP contribution in [0.5, 0.6) is 0 Å². The van der Waals surface area contributed by atoms with E-state index in [4.69, 9.17) is 0 Å². The summed E-state index contributed by atoms with van der Waals surface area (Å²) in [6.45, 7) is 2.44. The highest BCUT2D eigenvalue weighted by Crippen LogP contribution is 2.47. The lowest BCUT2D eigenvalue weighted by Crippen LogP contribution is -2.35. The van der Waals surface area contributed by atoms with E-state index >= 15 is 0 Å². The fourth-order valence-electron chi connectivity index (χ4n) is 4.29. The van der Waals surface area contributed by atoms with Crippen molar-refractivity contribution >= 4 is 23.1 Å². The molecule has 30 heavy (non-hydrogen) atoms. The van der Waals surface area contributed by atoms with E-state index in [-0.39, 0.29) is 0 Å². The van der Waals surface area contributed by atoms with Crippen LogP contribution in [0.25, 0.3) is 0 Å². The minimum Gasteiger partial charge on any atom is -0.340 e. The smallest absolute Gasteiger partial charge is 0.0780 e. The van der Waals surface area contributed by atoms with E-state index in [1.54, 1.807) is 0 Å². The van der Waals surface area contributed by atoms with Gasteiger partial charge in [-0.2, -0.15) is 0 Å². The third kappa shape index (κ3) is 7.35. The topological polar surface area (TPSA) is 3.24 Å². The molecule has 0 spiro atoms. The minimum absolute atomic E-state index is 1.10. The maximum Gasteiger partial charge on any atom is 0.0780 e. The zero-order valence-electron chi connectivity index (χ0n) is 19.4. The molecule has 0 radical (unpaired) electrons. The van der Waals surface area contributed by atoms with E-state index in [2.05, 4.69) is 74.6 Å². The van der Waals surface area contributed by atoms with Crippen LogP contribution in [-0.4, -0.2) is 38.7 Å². The van der Waals surface area contributed by atoms with Gasteiger partial charge >= 0.3 is 0 Å². The number of unbranched alkanes of at least 4 members (excludes halogenated alkanes) is 9. The average Bonchev–Trinajstić information content (AvgIpc) is 2.73. The van der Waals surface area contributed by atoms with Gasteiger partial charge in [-0.3, -0.25) is 0 Å². The summed E-state index contributed by atoms with van der Waals surface area (Å²) < 4.78 is 1.10. The van der Waals surface area contributed by atoms with Gasteiger partial charge in [-0.15, -0.1) is 0 Å². The third-order valence-electron chi connectivity index (χ3n) is 5.99. The Labute approximate surface area is 189 Å². The van der Waals surface area contributed by atoms with E-state index in [1.165, 1.54) is 91.9 Å². The first-order chi connectivity index (χ1) is 14.5. The van der Waals surface area contributed by atoms with Crippen LogP contribution in [0.1, 0.15) is 64.2 Å². The van der Waals surface area contributed by atoms with Crippen LogP contribution in [0.15, 0.2) is 58.3 Å². The molecule has 164 valence electrons. The first-order valence-electron chi connectivity index (χ1n) is 12.0. The molecule has 0 N–H and O–H groups in total. The Morgan fingerprint density at radius 1 is 0.600 bits per heavy atom. The lowest BCUT2D eigenvalue weighted by molar-refractivity contribution is -0.870. The molecule has 0 saturated heterocycles. The number of benzene rings is 2. The second-order valence-corrected chi connectivity index (χ2v) is 10.8. The van der Waals surface area contributed by atoms with E-state index in [9.17, 15) is 0 Å². The number of fused-ring (bicyclic) bond motifs is 2. The van der Waals surface area contributed by atoms with E-state index in [1.807, 2.05) is 11.8 Å². The molecule has 3 rings (SSSR count). The molecule has 2 aromatic carbocycles. The van der Waals surface area contributed by atoms with Gasteiger partial charge in [0.25, 0.3) is 0 Å². The highest BCUT2D eigenvalue weighted by molar-refractivity contribution is 7.99. The highest BCUT2D eigenvalue weighted by atomic mass is 32.2. The lowest BCUT2D eigenvalue weighted by Gasteiger charge is -2.32. The molecule has 0 aliphatic carbocycles. The Balaban J connectivity index is 1.30. The molecule has 3 heteroatoms. The Hall–Kier alpha value is -1.45. The first-order valence-corrected chi connectivity index (χ1v) is 12.8. The van der Waals surface area contributed by atoms with Crippen LogP contribution < -0.4 is 4.90 Å². The van der Waals surface area contributed by atoms with Crippen molar-refractivity contribution in [3.8, 4) is 0 Å². The normalized spacial score (nSPS) is 13.2. The van der Waals surface area contributed by atoms with Crippen molar-refractivity contribution in [2.24, 2.45) is 0 Å². The SMILES string of the molecule is C[N+](C)(C)CCCCCCCCCCCCN1c2ccccc2Sc2ccccc21. The number of hydrogen-bond donors (Lipinski definition) is 0. The fourth-order valence-corrected chi connectivity index (χ4v) is 5.39. The number of quaternary nitrogens is 1. The van der Waals surface area contributed by atoms with Crippen LogP contribution in [0.2, 0.25) is 0 Å². The van der Waals surface area contributed by atoms with Crippen LogP contribution in [0.4, 0.5) is 11.4 Å². The highest BCUT2D eigenvalue weighted by Gasteiger charge is 2.22. The van der Waals surface area contributed by atoms with E-state index in [0.29, 0.717) is 0 Å². The molecule has 0 bridgehead atoms. The first kappa shape index (κ1) is 23.2. The quantitative estimate of drug-likeness (QED) is 0.237. The second-order valence-electron chi connectivity index (χ2n) is 9.74.